The molecule has 2 aliphatic rings. The molecule has 2 aromatic rings. The van der Waals surface area contributed by atoms with Crippen LogP contribution in [0.2, 0.25) is 0 Å². The highest BCUT2D eigenvalue weighted by molar-refractivity contribution is 6.00. The lowest BCUT2D eigenvalue weighted by molar-refractivity contribution is -0.141. The van der Waals surface area contributed by atoms with Gasteiger partial charge >= 0.3 is 0 Å². The molecule has 1 spiro atoms. The number of fused-ring (bicyclic) bond motifs is 1. The molecular formula is C26H31NO4. The van der Waals surface area contributed by atoms with Gasteiger partial charge in [-0.2, -0.15) is 0 Å². The van der Waals surface area contributed by atoms with E-state index in [1.807, 2.05) is 54.3 Å². The predicted octanol–water partition coefficient (Wildman–Crippen LogP) is 4.91. The maximum Gasteiger partial charge on any atom is 0.263 e. The van der Waals surface area contributed by atoms with Crippen LogP contribution in [0.25, 0.3) is 0 Å². The van der Waals surface area contributed by atoms with Crippen LogP contribution in [0.1, 0.15) is 67.4 Å². The van der Waals surface area contributed by atoms with Gasteiger partial charge in [0.15, 0.2) is 11.9 Å². The van der Waals surface area contributed by atoms with Crippen molar-refractivity contribution in [1.82, 2.24) is 4.90 Å². The molecule has 2 aliphatic heterocycles. The van der Waals surface area contributed by atoms with E-state index in [9.17, 15) is 9.59 Å². The van der Waals surface area contributed by atoms with E-state index in [0.29, 0.717) is 55.3 Å². The van der Waals surface area contributed by atoms with Crippen molar-refractivity contribution in [1.29, 1.82) is 0 Å². The lowest BCUT2D eigenvalue weighted by Crippen LogP contribution is -2.54. The number of ketones is 1. The van der Waals surface area contributed by atoms with Gasteiger partial charge in [0.05, 0.1) is 12.0 Å². The number of aryl methyl sites for hydroxylation is 1. The zero-order valence-electron chi connectivity index (χ0n) is 18.8. The van der Waals surface area contributed by atoms with Gasteiger partial charge in [0.25, 0.3) is 5.91 Å². The Morgan fingerprint density at radius 1 is 1.06 bits per heavy atom. The van der Waals surface area contributed by atoms with E-state index >= 15 is 0 Å². The van der Waals surface area contributed by atoms with Gasteiger partial charge in [0, 0.05) is 25.9 Å². The van der Waals surface area contributed by atoms with Crippen molar-refractivity contribution in [2.45, 2.75) is 64.6 Å². The fourth-order valence-electron chi connectivity index (χ4n) is 4.46. The van der Waals surface area contributed by atoms with Crippen LogP contribution in [0.15, 0.2) is 42.5 Å². The average Bonchev–Trinajstić information content (AvgIpc) is 2.75. The average molecular weight is 422 g/mol. The number of piperidine rings is 1. The number of amides is 1. The zero-order chi connectivity index (χ0) is 22.2. The van der Waals surface area contributed by atoms with Crippen molar-refractivity contribution in [3.05, 3.63) is 59.2 Å². The van der Waals surface area contributed by atoms with Crippen LogP contribution >= 0.6 is 0 Å². The summed E-state index contributed by atoms with van der Waals surface area (Å²) in [5, 5.41) is 0. The van der Waals surface area contributed by atoms with Gasteiger partial charge in [0.2, 0.25) is 0 Å². The summed E-state index contributed by atoms with van der Waals surface area (Å²) >= 11 is 0. The number of ether oxygens (including phenoxy) is 2. The van der Waals surface area contributed by atoms with Gasteiger partial charge in [-0.05, 0) is 49.6 Å². The highest BCUT2D eigenvalue weighted by atomic mass is 16.5. The molecule has 0 aliphatic carbocycles. The molecule has 4 rings (SSSR count). The summed E-state index contributed by atoms with van der Waals surface area (Å²) in [7, 11) is 0. The van der Waals surface area contributed by atoms with Crippen molar-refractivity contribution in [2.24, 2.45) is 0 Å². The molecule has 0 saturated carbocycles. The molecule has 5 nitrogen and oxygen atoms in total. The third-order valence-corrected chi connectivity index (χ3v) is 6.44. The summed E-state index contributed by atoms with van der Waals surface area (Å²) in [5.74, 6) is 1.93. The van der Waals surface area contributed by atoms with Crippen molar-refractivity contribution in [3.8, 4) is 11.5 Å². The largest absolute Gasteiger partial charge is 0.486 e. The Hall–Kier alpha value is -2.82. The lowest BCUT2D eigenvalue weighted by atomic mass is 9.82. The maximum atomic E-state index is 12.9. The van der Waals surface area contributed by atoms with E-state index in [-0.39, 0.29) is 11.7 Å². The first kappa shape index (κ1) is 21.4. The first-order chi connectivity index (χ1) is 14.8. The minimum Gasteiger partial charge on any atom is -0.486 e. The Balaban J connectivity index is 1.36. The Morgan fingerprint density at radius 3 is 2.39 bits per heavy atom. The van der Waals surface area contributed by atoms with Gasteiger partial charge in [-0.25, -0.2) is 0 Å². The first-order valence-electron chi connectivity index (χ1n) is 11.1. The summed E-state index contributed by atoms with van der Waals surface area (Å²) in [6.07, 6.45) is 1.11. The monoisotopic (exact) mass is 421 g/mol. The molecule has 2 aromatic carbocycles. The molecule has 164 valence electrons. The molecule has 1 saturated heterocycles. The molecule has 0 aromatic heterocycles. The molecule has 1 amide bonds. The fraction of sp³-hybridized carbons (Fsp3) is 0.462. The van der Waals surface area contributed by atoms with Crippen molar-refractivity contribution >= 4 is 11.7 Å². The molecule has 0 radical (unpaired) electrons. The van der Waals surface area contributed by atoms with E-state index in [0.717, 1.165) is 5.56 Å². The van der Waals surface area contributed by atoms with Crippen molar-refractivity contribution < 1.29 is 19.1 Å². The molecular weight excluding hydrogens is 390 g/mol. The molecule has 1 fully saturated rings. The number of carbonyl (C=O) groups excluding carboxylic acids is 2. The van der Waals surface area contributed by atoms with E-state index in [2.05, 4.69) is 13.8 Å². The SMILES string of the molecule is Cc1ccc2c(c1)C(=O)CC1(CCN(C(=O)C(C)Oc3ccc(C(C)C)cc3)CC1)O2. The first-order valence-corrected chi connectivity index (χ1v) is 11.1. The number of Topliss-reactive ketones (excluding diaryl/α,β-unsaturated/α-hetero) is 1. The van der Waals surface area contributed by atoms with Crippen molar-refractivity contribution in [2.75, 3.05) is 13.1 Å². The quantitative estimate of drug-likeness (QED) is 0.704. The number of benzene rings is 2. The fourth-order valence-corrected chi connectivity index (χ4v) is 4.46. The molecule has 31 heavy (non-hydrogen) atoms. The van der Waals surface area contributed by atoms with Crippen molar-refractivity contribution in [3.63, 3.8) is 0 Å². The van der Waals surface area contributed by atoms with Gasteiger partial charge in [-0.15, -0.1) is 0 Å². The summed E-state index contributed by atoms with van der Waals surface area (Å²) in [4.78, 5) is 27.5. The smallest absolute Gasteiger partial charge is 0.263 e. The van der Waals surface area contributed by atoms with Crippen LogP contribution in [-0.2, 0) is 4.79 Å². The minimum atomic E-state index is -0.559. The topological polar surface area (TPSA) is 55.8 Å². The third kappa shape index (κ3) is 4.46. The van der Waals surface area contributed by atoms with Crippen LogP contribution in [0.3, 0.4) is 0 Å². The summed E-state index contributed by atoms with van der Waals surface area (Å²) < 4.78 is 12.2. The van der Waals surface area contributed by atoms with Crippen LogP contribution in [0.4, 0.5) is 0 Å². The molecule has 1 atom stereocenters. The normalized spacial score (nSPS) is 18.5. The number of rotatable bonds is 4. The van der Waals surface area contributed by atoms with Crippen LogP contribution in [-0.4, -0.2) is 41.4 Å². The number of hydrogen-bond donors (Lipinski definition) is 0. The van der Waals surface area contributed by atoms with Crippen LogP contribution in [0.5, 0.6) is 11.5 Å². The highest BCUT2D eigenvalue weighted by Crippen LogP contribution is 2.39. The maximum absolute atomic E-state index is 12.9. The summed E-state index contributed by atoms with van der Waals surface area (Å²) in [6.45, 7) is 9.19. The Bertz CT molecular complexity index is 971. The Labute approximate surface area is 184 Å². The van der Waals surface area contributed by atoms with E-state index < -0.39 is 11.7 Å². The van der Waals surface area contributed by atoms with Crippen LogP contribution in [0, 0.1) is 6.92 Å². The van der Waals surface area contributed by atoms with Gasteiger partial charge in [-0.1, -0.05) is 37.6 Å². The standard InChI is InChI=1S/C26H31NO4/c1-17(2)20-6-8-21(9-7-20)30-19(4)25(29)27-13-11-26(12-14-27)16-23(28)22-15-18(3)5-10-24(22)31-26/h5-10,15,17,19H,11-14,16H2,1-4H3. The predicted molar refractivity (Wildman–Crippen MR) is 120 cm³/mol. The summed E-state index contributed by atoms with van der Waals surface area (Å²) in [5.41, 5.74) is 2.47. The van der Waals surface area contributed by atoms with Crippen LogP contribution < -0.4 is 9.47 Å². The Morgan fingerprint density at radius 2 is 1.74 bits per heavy atom. The second-order valence-electron chi connectivity index (χ2n) is 9.19. The second kappa shape index (κ2) is 8.37. The summed E-state index contributed by atoms with van der Waals surface area (Å²) in [6, 6.07) is 13.7. The molecule has 1 unspecified atom stereocenters. The molecule has 2 heterocycles. The zero-order valence-corrected chi connectivity index (χ0v) is 18.8. The molecule has 0 bridgehead atoms. The molecule has 0 N–H and O–H groups in total. The number of likely N-dealkylation sites (tertiary alicyclic amines) is 1. The van der Waals surface area contributed by atoms with E-state index in [4.69, 9.17) is 9.47 Å². The lowest BCUT2D eigenvalue weighted by Gasteiger charge is -2.44. The number of hydrogen-bond acceptors (Lipinski definition) is 4. The highest BCUT2D eigenvalue weighted by Gasteiger charge is 2.44. The van der Waals surface area contributed by atoms with E-state index in [1.165, 1.54) is 5.56 Å². The number of carbonyl (C=O) groups is 2. The van der Waals surface area contributed by atoms with Gasteiger partial charge in [0.1, 0.15) is 17.1 Å². The van der Waals surface area contributed by atoms with E-state index in [1.54, 1.807) is 6.92 Å². The molecule has 5 heteroatoms. The Kier molecular flexibility index (Phi) is 5.78. The van der Waals surface area contributed by atoms with Gasteiger partial charge < -0.3 is 14.4 Å². The third-order valence-electron chi connectivity index (χ3n) is 6.44. The second-order valence-corrected chi connectivity index (χ2v) is 9.19. The van der Waals surface area contributed by atoms with Gasteiger partial charge in [-0.3, -0.25) is 9.59 Å². The number of nitrogens with zero attached hydrogens (tertiary/aromatic N) is 1. The minimum absolute atomic E-state index is 0.0269.